The number of amides is 2. The summed E-state index contributed by atoms with van der Waals surface area (Å²) in [5.41, 5.74) is 4.08. The van der Waals surface area contributed by atoms with Gasteiger partial charge in [-0.1, -0.05) is 38.1 Å². The maximum absolute atomic E-state index is 13.5. The largest absolute Gasteiger partial charge is 0.491 e. The molecule has 1 aromatic heterocycles. The molecule has 3 heterocycles. The zero-order valence-corrected chi connectivity index (χ0v) is 32.6. The lowest BCUT2D eigenvalue weighted by Crippen LogP contribution is -2.66. The van der Waals surface area contributed by atoms with Crippen molar-refractivity contribution < 1.29 is 33.4 Å². The van der Waals surface area contributed by atoms with E-state index in [4.69, 9.17) is 19.2 Å². The lowest BCUT2D eigenvalue weighted by atomic mass is 9.78. The highest BCUT2D eigenvalue weighted by atomic mass is 16.5. The second kappa shape index (κ2) is 17.3. The molecule has 2 aliphatic heterocycles. The molecule has 2 saturated heterocycles. The highest BCUT2D eigenvalue weighted by Gasteiger charge is 2.49. The second-order valence-corrected chi connectivity index (χ2v) is 15.2. The monoisotopic (exact) mass is 762 g/mol. The molecule has 56 heavy (non-hydrogen) atoms. The van der Waals surface area contributed by atoms with Crippen molar-refractivity contribution in [3.63, 3.8) is 0 Å². The van der Waals surface area contributed by atoms with E-state index in [0.29, 0.717) is 42.6 Å². The molecule has 0 saturated carbocycles. The Labute approximate surface area is 327 Å². The predicted molar refractivity (Wildman–Crippen MR) is 212 cm³/mol. The van der Waals surface area contributed by atoms with Crippen LogP contribution in [0.1, 0.15) is 71.1 Å². The van der Waals surface area contributed by atoms with E-state index in [-0.39, 0.29) is 35.4 Å². The number of aromatic nitrogens is 2. The number of carbonyl (C=O) groups excluding carboxylic acids is 4. The minimum absolute atomic E-state index is 0.115. The Morgan fingerprint density at radius 1 is 0.982 bits per heavy atom. The van der Waals surface area contributed by atoms with E-state index >= 15 is 0 Å². The van der Waals surface area contributed by atoms with Crippen LogP contribution < -0.4 is 25.0 Å². The van der Waals surface area contributed by atoms with Crippen LogP contribution in [0, 0.1) is 5.41 Å². The summed E-state index contributed by atoms with van der Waals surface area (Å²) >= 11 is 0. The van der Waals surface area contributed by atoms with Gasteiger partial charge in [0.25, 0.3) is 5.91 Å². The van der Waals surface area contributed by atoms with Gasteiger partial charge < -0.3 is 39.4 Å². The van der Waals surface area contributed by atoms with Gasteiger partial charge in [0.15, 0.2) is 6.29 Å². The van der Waals surface area contributed by atoms with Gasteiger partial charge in [0, 0.05) is 56.5 Å². The predicted octanol–water partition coefficient (Wildman–Crippen LogP) is 5.08. The first-order valence-corrected chi connectivity index (χ1v) is 18.8. The summed E-state index contributed by atoms with van der Waals surface area (Å²) in [5.74, 6) is 1.32. The van der Waals surface area contributed by atoms with Gasteiger partial charge in [0.1, 0.15) is 37.0 Å². The van der Waals surface area contributed by atoms with Crippen molar-refractivity contribution in [2.45, 2.75) is 57.7 Å². The topological polar surface area (TPSA) is 152 Å². The standard InChI is InChI=1S/C43H50N6O7/c1-29(46-33-13-8-30(22-51)37(21-33)40(53)48(5)38(7-6-20-50)39(52)44-4)23-55-35-14-9-31(10-15-35)42(2,3)32-11-16-36(17-12-32)56-24-34-18-19-45-41(47-34)49-25-43(26-49)27-54-28-43/h8-22,29,38,46H,6-7,23-28H2,1-5H3,(H,44,52). The third-order valence-corrected chi connectivity index (χ3v) is 10.6. The number of nitrogens with one attached hydrogen (secondary N) is 2. The number of hydrogen-bond donors (Lipinski definition) is 2. The van der Waals surface area contributed by atoms with Crippen molar-refractivity contribution >= 4 is 36.0 Å². The molecule has 13 nitrogen and oxygen atoms in total. The Balaban J connectivity index is 1.00. The molecular weight excluding hydrogens is 713 g/mol. The maximum Gasteiger partial charge on any atom is 0.255 e. The lowest BCUT2D eigenvalue weighted by Gasteiger charge is -2.54. The van der Waals surface area contributed by atoms with Gasteiger partial charge in [-0.15, -0.1) is 0 Å². The van der Waals surface area contributed by atoms with E-state index in [9.17, 15) is 19.2 Å². The fourth-order valence-corrected chi connectivity index (χ4v) is 7.06. The zero-order chi connectivity index (χ0) is 39.9. The van der Waals surface area contributed by atoms with Crippen molar-refractivity contribution in [3.8, 4) is 11.5 Å². The normalized spacial score (nSPS) is 15.4. The molecule has 2 unspecified atom stereocenters. The van der Waals surface area contributed by atoms with Crippen molar-refractivity contribution in [3.05, 3.63) is 107 Å². The highest BCUT2D eigenvalue weighted by molar-refractivity contribution is 6.03. The molecule has 0 bridgehead atoms. The smallest absolute Gasteiger partial charge is 0.255 e. The molecule has 2 aliphatic rings. The number of hydrogen-bond acceptors (Lipinski definition) is 11. The molecule has 4 aromatic rings. The van der Waals surface area contributed by atoms with Gasteiger partial charge in [0.2, 0.25) is 11.9 Å². The van der Waals surface area contributed by atoms with Crippen LogP contribution in [-0.4, -0.2) is 98.3 Å². The van der Waals surface area contributed by atoms with Crippen molar-refractivity contribution in [2.24, 2.45) is 5.41 Å². The quantitative estimate of drug-likeness (QED) is 0.131. The lowest BCUT2D eigenvalue weighted by molar-refractivity contribution is -0.127. The third-order valence-electron chi connectivity index (χ3n) is 10.6. The van der Waals surface area contributed by atoms with E-state index in [1.807, 2.05) is 37.3 Å². The molecule has 0 radical (unpaired) electrons. The Bertz CT molecular complexity index is 2010. The van der Waals surface area contributed by atoms with Crippen molar-refractivity contribution in [1.29, 1.82) is 0 Å². The summed E-state index contributed by atoms with van der Waals surface area (Å²) < 4.78 is 17.6. The van der Waals surface area contributed by atoms with Gasteiger partial charge in [-0.3, -0.25) is 14.4 Å². The SMILES string of the molecule is CNC(=O)C(CCC=O)N(C)C(=O)c1cc(NC(C)COc2ccc(C(C)(C)c3ccc(OCc4ccnc(N5CC6(COC6)C5)n4)cc3)cc2)ccc1C=O. The summed E-state index contributed by atoms with van der Waals surface area (Å²) in [7, 11) is 2.96. The van der Waals surface area contributed by atoms with E-state index in [0.717, 1.165) is 54.8 Å². The molecule has 6 rings (SSSR count). The summed E-state index contributed by atoms with van der Waals surface area (Å²) in [6, 6.07) is 21.9. The average molecular weight is 763 g/mol. The Kier molecular flexibility index (Phi) is 12.3. The molecule has 2 atom stereocenters. The van der Waals surface area contributed by atoms with Crippen LogP contribution >= 0.6 is 0 Å². The van der Waals surface area contributed by atoms with Gasteiger partial charge in [-0.25, -0.2) is 9.97 Å². The Morgan fingerprint density at radius 3 is 2.23 bits per heavy atom. The number of nitrogens with zero attached hydrogens (tertiary/aromatic N) is 4. The van der Waals surface area contributed by atoms with Gasteiger partial charge in [0.05, 0.1) is 35.9 Å². The molecule has 294 valence electrons. The van der Waals surface area contributed by atoms with Crippen molar-refractivity contribution in [1.82, 2.24) is 20.2 Å². The van der Waals surface area contributed by atoms with Crippen LogP contribution in [0.4, 0.5) is 11.6 Å². The summed E-state index contributed by atoms with van der Waals surface area (Å²) in [5, 5.41) is 5.87. The minimum Gasteiger partial charge on any atom is -0.491 e. The number of carbonyl (C=O) groups is 4. The van der Waals surface area contributed by atoms with Crippen molar-refractivity contribution in [2.75, 3.05) is 57.2 Å². The number of rotatable bonds is 18. The van der Waals surface area contributed by atoms with E-state index < -0.39 is 17.9 Å². The number of ether oxygens (including phenoxy) is 3. The Hall–Kier alpha value is -5.82. The Morgan fingerprint density at radius 2 is 1.64 bits per heavy atom. The van der Waals surface area contributed by atoms with Crippen LogP contribution in [0.5, 0.6) is 11.5 Å². The van der Waals surface area contributed by atoms with Crippen LogP contribution in [0.2, 0.25) is 0 Å². The first-order chi connectivity index (χ1) is 26.9. The summed E-state index contributed by atoms with van der Waals surface area (Å²) in [4.78, 5) is 61.4. The number of likely N-dealkylation sites (N-methyl/N-ethyl adjacent to an activating group) is 2. The average Bonchev–Trinajstić information content (AvgIpc) is 3.18. The summed E-state index contributed by atoms with van der Waals surface area (Å²) in [6.45, 7) is 10.5. The van der Waals surface area contributed by atoms with E-state index in [2.05, 4.69) is 58.6 Å². The zero-order valence-electron chi connectivity index (χ0n) is 32.6. The number of benzene rings is 3. The molecule has 1 spiro atoms. The van der Waals surface area contributed by atoms with E-state index in [1.54, 1.807) is 24.4 Å². The molecule has 2 fully saturated rings. The van der Waals surface area contributed by atoms with Crippen LogP contribution in [0.25, 0.3) is 0 Å². The fourth-order valence-electron chi connectivity index (χ4n) is 7.06. The number of aldehydes is 2. The molecule has 13 heteroatoms. The highest BCUT2D eigenvalue weighted by Crippen LogP contribution is 2.39. The first-order valence-electron chi connectivity index (χ1n) is 18.8. The molecule has 0 aliphatic carbocycles. The van der Waals surface area contributed by atoms with Gasteiger partial charge in [-0.2, -0.15) is 0 Å². The molecule has 2 N–H and O–H groups in total. The summed E-state index contributed by atoms with van der Waals surface area (Å²) in [6.07, 6.45) is 3.38. The van der Waals surface area contributed by atoms with Crippen LogP contribution in [0.3, 0.4) is 0 Å². The molecule has 2 amide bonds. The minimum atomic E-state index is -0.861. The van der Waals surface area contributed by atoms with Gasteiger partial charge in [-0.05, 0) is 73.0 Å². The third kappa shape index (κ3) is 9.00. The number of anilines is 2. The van der Waals surface area contributed by atoms with Crippen LogP contribution in [-0.2, 0) is 26.3 Å². The van der Waals surface area contributed by atoms with Crippen LogP contribution in [0.15, 0.2) is 79.0 Å². The van der Waals surface area contributed by atoms with E-state index in [1.165, 1.54) is 19.0 Å². The molecule has 3 aromatic carbocycles. The molecular formula is C43H50N6O7. The second-order valence-electron chi connectivity index (χ2n) is 15.2. The maximum atomic E-state index is 13.5. The first kappa shape index (κ1) is 39.9. The fraction of sp³-hybridized carbons (Fsp3) is 0.395. The van der Waals surface area contributed by atoms with Gasteiger partial charge >= 0.3 is 0 Å².